The van der Waals surface area contributed by atoms with Crippen LogP contribution in [0.4, 0.5) is 0 Å². The molecule has 3 aromatic carbocycles. The Balaban J connectivity index is 1.44. The number of ether oxygens (including phenoxy) is 1. The second-order valence-electron chi connectivity index (χ2n) is 6.80. The van der Waals surface area contributed by atoms with E-state index in [2.05, 4.69) is 15.8 Å². The Bertz CT molecular complexity index is 1090. The van der Waals surface area contributed by atoms with Crippen LogP contribution in [0.15, 0.2) is 77.9 Å². The van der Waals surface area contributed by atoms with E-state index in [0.29, 0.717) is 40.9 Å². The fraction of sp³-hybridized carbons (Fsp3) is 0.125. The van der Waals surface area contributed by atoms with Crippen LogP contribution in [-0.4, -0.2) is 24.6 Å². The highest BCUT2D eigenvalue weighted by Crippen LogP contribution is 2.26. The lowest BCUT2D eigenvalue weighted by molar-refractivity contribution is -0.139. The molecule has 0 heterocycles. The van der Waals surface area contributed by atoms with Crippen molar-refractivity contribution in [2.24, 2.45) is 5.10 Å². The molecular formula is C24H21Cl2N3O3. The van der Waals surface area contributed by atoms with Gasteiger partial charge in [-0.3, -0.25) is 9.59 Å². The summed E-state index contributed by atoms with van der Waals surface area (Å²) in [5.74, 6) is -1.08. The first kappa shape index (κ1) is 23.3. The SMILES string of the molecule is O=C(NCCc1ccccc1)C(=O)N/N=C\c1ccc(OCc2ccc(Cl)cc2)c(Cl)c1. The minimum Gasteiger partial charge on any atom is -0.487 e. The minimum atomic E-state index is -0.844. The van der Waals surface area contributed by atoms with Crippen molar-refractivity contribution in [3.8, 4) is 5.75 Å². The molecule has 0 aliphatic heterocycles. The molecule has 0 saturated carbocycles. The van der Waals surface area contributed by atoms with Crippen molar-refractivity contribution >= 4 is 41.2 Å². The van der Waals surface area contributed by atoms with Crippen molar-refractivity contribution in [3.05, 3.63) is 99.5 Å². The molecule has 3 rings (SSSR count). The third kappa shape index (κ3) is 7.41. The van der Waals surface area contributed by atoms with Crippen LogP contribution in [0.1, 0.15) is 16.7 Å². The molecular weight excluding hydrogens is 449 g/mol. The predicted molar refractivity (Wildman–Crippen MR) is 126 cm³/mol. The van der Waals surface area contributed by atoms with Crippen LogP contribution in [-0.2, 0) is 22.6 Å². The van der Waals surface area contributed by atoms with Gasteiger partial charge < -0.3 is 10.1 Å². The van der Waals surface area contributed by atoms with Gasteiger partial charge in [0.25, 0.3) is 0 Å². The van der Waals surface area contributed by atoms with E-state index in [9.17, 15) is 9.59 Å². The first-order chi connectivity index (χ1) is 15.5. The lowest BCUT2D eigenvalue weighted by Gasteiger charge is -2.09. The second-order valence-corrected chi connectivity index (χ2v) is 7.64. The van der Waals surface area contributed by atoms with E-state index in [1.807, 2.05) is 42.5 Å². The van der Waals surface area contributed by atoms with E-state index >= 15 is 0 Å². The molecule has 32 heavy (non-hydrogen) atoms. The van der Waals surface area contributed by atoms with Crippen molar-refractivity contribution in [2.75, 3.05) is 6.54 Å². The van der Waals surface area contributed by atoms with Gasteiger partial charge in [0, 0.05) is 11.6 Å². The van der Waals surface area contributed by atoms with E-state index < -0.39 is 11.8 Å². The number of hydrogen-bond acceptors (Lipinski definition) is 4. The largest absolute Gasteiger partial charge is 0.487 e. The van der Waals surface area contributed by atoms with Gasteiger partial charge in [0.2, 0.25) is 0 Å². The number of nitrogens with one attached hydrogen (secondary N) is 2. The molecule has 0 aromatic heterocycles. The van der Waals surface area contributed by atoms with E-state index in [-0.39, 0.29) is 0 Å². The number of carbonyl (C=O) groups is 2. The number of nitrogens with zero attached hydrogens (tertiary/aromatic N) is 1. The fourth-order valence-electron chi connectivity index (χ4n) is 2.72. The maximum atomic E-state index is 11.8. The Morgan fingerprint density at radius 3 is 2.38 bits per heavy atom. The zero-order chi connectivity index (χ0) is 22.8. The van der Waals surface area contributed by atoms with Crippen LogP contribution in [0.2, 0.25) is 10.0 Å². The predicted octanol–water partition coefficient (Wildman–Crippen LogP) is 4.38. The number of rotatable bonds is 8. The van der Waals surface area contributed by atoms with Gasteiger partial charge in [0.15, 0.2) is 0 Å². The normalized spacial score (nSPS) is 10.7. The molecule has 8 heteroatoms. The quantitative estimate of drug-likeness (QED) is 0.291. The monoisotopic (exact) mass is 469 g/mol. The van der Waals surface area contributed by atoms with E-state index in [1.54, 1.807) is 30.3 Å². The summed E-state index contributed by atoms with van der Waals surface area (Å²) in [6.07, 6.45) is 2.03. The molecule has 6 nitrogen and oxygen atoms in total. The Morgan fingerprint density at radius 1 is 0.906 bits per heavy atom. The first-order valence-electron chi connectivity index (χ1n) is 9.83. The van der Waals surface area contributed by atoms with Crippen LogP contribution in [0, 0.1) is 0 Å². The summed E-state index contributed by atoms with van der Waals surface area (Å²) < 4.78 is 5.72. The third-order valence-electron chi connectivity index (χ3n) is 4.39. The van der Waals surface area contributed by atoms with Crippen LogP contribution < -0.4 is 15.5 Å². The molecule has 0 unspecified atom stereocenters. The summed E-state index contributed by atoms with van der Waals surface area (Å²) in [4.78, 5) is 23.7. The molecule has 0 saturated heterocycles. The molecule has 0 atom stereocenters. The van der Waals surface area contributed by atoms with Crippen LogP contribution in [0.3, 0.4) is 0 Å². The lowest BCUT2D eigenvalue weighted by Crippen LogP contribution is -2.38. The van der Waals surface area contributed by atoms with E-state index in [0.717, 1.165) is 11.1 Å². The van der Waals surface area contributed by atoms with E-state index in [1.165, 1.54) is 6.21 Å². The van der Waals surface area contributed by atoms with Gasteiger partial charge in [0.05, 0.1) is 11.2 Å². The molecule has 3 aromatic rings. The third-order valence-corrected chi connectivity index (χ3v) is 4.94. The molecule has 2 N–H and O–H groups in total. The van der Waals surface area contributed by atoms with Crippen molar-refractivity contribution in [3.63, 3.8) is 0 Å². The van der Waals surface area contributed by atoms with Gasteiger partial charge in [-0.2, -0.15) is 5.10 Å². The van der Waals surface area contributed by atoms with Gasteiger partial charge in [0.1, 0.15) is 12.4 Å². The standard InChI is InChI=1S/C24H21Cl2N3O3/c25-20-9-6-18(7-10-20)16-32-22-11-8-19(14-21(22)26)15-28-29-24(31)23(30)27-13-12-17-4-2-1-3-5-17/h1-11,14-15H,12-13,16H2,(H,27,30)(H,29,31)/b28-15-. The van der Waals surface area contributed by atoms with Gasteiger partial charge in [-0.15, -0.1) is 0 Å². The highest BCUT2D eigenvalue weighted by molar-refractivity contribution is 6.35. The molecule has 164 valence electrons. The number of halogens is 2. The van der Waals surface area contributed by atoms with Gasteiger partial charge in [-0.25, -0.2) is 5.43 Å². The number of benzene rings is 3. The number of amides is 2. The Kier molecular flexibility index (Phi) is 8.66. The summed E-state index contributed by atoms with van der Waals surface area (Å²) in [6, 6.07) is 22.1. The number of hydrogen-bond donors (Lipinski definition) is 2. The molecule has 0 bridgehead atoms. The van der Waals surface area contributed by atoms with Gasteiger partial charge >= 0.3 is 11.8 Å². The molecule has 0 aliphatic carbocycles. The number of hydrazone groups is 1. The smallest absolute Gasteiger partial charge is 0.329 e. The lowest BCUT2D eigenvalue weighted by atomic mass is 10.1. The fourth-order valence-corrected chi connectivity index (χ4v) is 3.09. The zero-order valence-electron chi connectivity index (χ0n) is 17.1. The molecule has 0 aliphatic rings. The van der Waals surface area contributed by atoms with E-state index in [4.69, 9.17) is 27.9 Å². The summed E-state index contributed by atoms with van der Waals surface area (Å²) >= 11 is 12.1. The minimum absolute atomic E-state index is 0.347. The number of carbonyl (C=O) groups excluding carboxylic acids is 2. The Morgan fingerprint density at radius 2 is 1.66 bits per heavy atom. The van der Waals surface area contributed by atoms with Crippen molar-refractivity contribution in [1.29, 1.82) is 0 Å². The zero-order valence-corrected chi connectivity index (χ0v) is 18.6. The molecule has 0 fully saturated rings. The Hall–Kier alpha value is -3.35. The first-order valence-corrected chi connectivity index (χ1v) is 10.6. The van der Waals surface area contributed by atoms with Crippen LogP contribution >= 0.6 is 23.2 Å². The van der Waals surface area contributed by atoms with Gasteiger partial charge in [-0.05, 0) is 53.4 Å². The summed E-state index contributed by atoms with van der Waals surface area (Å²) in [5.41, 5.74) is 4.87. The van der Waals surface area contributed by atoms with Crippen LogP contribution in [0.5, 0.6) is 5.75 Å². The van der Waals surface area contributed by atoms with Crippen molar-refractivity contribution < 1.29 is 14.3 Å². The summed E-state index contributed by atoms with van der Waals surface area (Å²) in [6.45, 7) is 0.701. The topological polar surface area (TPSA) is 79.8 Å². The molecule has 0 spiro atoms. The van der Waals surface area contributed by atoms with Gasteiger partial charge in [-0.1, -0.05) is 65.7 Å². The molecule has 0 radical (unpaired) electrons. The summed E-state index contributed by atoms with van der Waals surface area (Å²) in [7, 11) is 0. The van der Waals surface area contributed by atoms with Crippen molar-refractivity contribution in [2.45, 2.75) is 13.0 Å². The maximum absolute atomic E-state index is 11.8. The highest BCUT2D eigenvalue weighted by atomic mass is 35.5. The second kappa shape index (κ2) is 11.9. The average Bonchev–Trinajstić information content (AvgIpc) is 2.80. The Labute approximate surface area is 196 Å². The molecule has 2 amide bonds. The highest BCUT2D eigenvalue weighted by Gasteiger charge is 2.11. The maximum Gasteiger partial charge on any atom is 0.329 e. The van der Waals surface area contributed by atoms with Crippen LogP contribution in [0.25, 0.3) is 0 Å². The average molecular weight is 470 g/mol. The van der Waals surface area contributed by atoms with Crippen molar-refractivity contribution in [1.82, 2.24) is 10.7 Å². The summed E-state index contributed by atoms with van der Waals surface area (Å²) in [5, 5.41) is 7.42.